The van der Waals surface area contributed by atoms with Crippen LogP contribution in [0.15, 0.2) is 59.8 Å². The Kier molecular flexibility index (Phi) is 6.30. The lowest BCUT2D eigenvalue weighted by Gasteiger charge is -2.12. The summed E-state index contributed by atoms with van der Waals surface area (Å²) in [6, 6.07) is 17.8. The Hall–Kier alpha value is -2.31. The van der Waals surface area contributed by atoms with Crippen LogP contribution < -0.4 is 4.74 Å². The molecule has 0 bridgehead atoms. The van der Waals surface area contributed by atoms with Crippen molar-refractivity contribution < 1.29 is 9.84 Å². The number of ether oxygens (including phenoxy) is 1. The third kappa shape index (κ3) is 4.65. The maximum atomic E-state index is 10.2. The van der Waals surface area contributed by atoms with Gasteiger partial charge < -0.3 is 14.4 Å². The highest BCUT2D eigenvalue weighted by molar-refractivity contribution is 7.99. The molecular formula is C20H23N3O2S. The molecule has 0 unspecified atom stereocenters. The first-order valence-corrected chi connectivity index (χ1v) is 9.65. The summed E-state index contributed by atoms with van der Waals surface area (Å²) in [6.45, 7) is 5.12. The van der Waals surface area contributed by atoms with Crippen molar-refractivity contribution in [1.29, 1.82) is 0 Å². The SMILES string of the molecule is CCn1c(SC[C@H](O)COc2ccc(C)cc2)nnc1-c1ccccc1. The second-order valence-electron chi connectivity index (χ2n) is 6.01. The summed E-state index contributed by atoms with van der Waals surface area (Å²) >= 11 is 1.49. The van der Waals surface area contributed by atoms with Crippen molar-refractivity contribution in [3.63, 3.8) is 0 Å². The molecule has 1 aromatic heterocycles. The third-order valence-corrected chi connectivity index (χ3v) is 5.04. The van der Waals surface area contributed by atoms with E-state index in [9.17, 15) is 5.11 Å². The summed E-state index contributed by atoms with van der Waals surface area (Å²) in [7, 11) is 0. The van der Waals surface area contributed by atoms with Crippen molar-refractivity contribution in [2.24, 2.45) is 0 Å². The van der Waals surface area contributed by atoms with E-state index in [0.29, 0.717) is 5.75 Å². The summed E-state index contributed by atoms with van der Waals surface area (Å²) in [4.78, 5) is 0. The smallest absolute Gasteiger partial charge is 0.191 e. The van der Waals surface area contributed by atoms with E-state index < -0.39 is 6.10 Å². The molecule has 0 fully saturated rings. The minimum Gasteiger partial charge on any atom is -0.491 e. The van der Waals surface area contributed by atoms with Gasteiger partial charge in [-0.15, -0.1) is 10.2 Å². The van der Waals surface area contributed by atoms with Gasteiger partial charge in [-0.2, -0.15) is 0 Å². The van der Waals surface area contributed by atoms with E-state index in [1.807, 2.05) is 61.5 Å². The zero-order chi connectivity index (χ0) is 18.4. The van der Waals surface area contributed by atoms with Crippen LogP contribution in [0.25, 0.3) is 11.4 Å². The van der Waals surface area contributed by atoms with Crippen molar-refractivity contribution in [2.45, 2.75) is 31.7 Å². The standard InChI is InChI=1S/C20H23N3O2S/c1-3-23-19(16-7-5-4-6-8-16)21-22-20(23)26-14-17(24)13-25-18-11-9-15(2)10-12-18/h4-12,17,24H,3,13-14H2,1-2H3/t17-/m1/s1. The molecule has 1 heterocycles. The average Bonchev–Trinajstić information content (AvgIpc) is 3.09. The Bertz CT molecular complexity index is 819. The fourth-order valence-corrected chi connectivity index (χ4v) is 3.43. The van der Waals surface area contributed by atoms with Gasteiger partial charge in [0, 0.05) is 17.9 Å². The Labute approximate surface area is 158 Å². The average molecular weight is 369 g/mol. The van der Waals surface area contributed by atoms with Gasteiger partial charge in [0.1, 0.15) is 12.4 Å². The lowest BCUT2D eigenvalue weighted by molar-refractivity contribution is 0.126. The number of thioether (sulfide) groups is 1. The number of benzene rings is 2. The zero-order valence-corrected chi connectivity index (χ0v) is 15.8. The van der Waals surface area contributed by atoms with Crippen molar-refractivity contribution >= 4 is 11.8 Å². The molecule has 0 saturated heterocycles. The molecule has 0 saturated carbocycles. The van der Waals surface area contributed by atoms with Gasteiger partial charge in [0.05, 0.1) is 6.10 Å². The summed E-state index contributed by atoms with van der Waals surface area (Å²) in [5, 5.41) is 19.6. The third-order valence-electron chi connectivity index (χ3n) is 3.93. The van der Waals surface area contributed by atoms with Crippen LogP contribution >= 0.6 is 11.8 Å². The second-order valence-corrected chi connectivity index (χ2v) is 6.99. The van der Waals surface area contributed by atoms with Crippen LogP contribution in [0.4, 0.5) is 0 Å². The maximum Gasteiger partial charge on any atom is 0.191 e. The second kappa shape index (κ2) is 8.87. The molecule has 0 amide bonds. The van der Waals surface area contributed by atoms with Gasteiger partial charge in [-0.3, -0.25) is 0 Å². The molecule has 0 aliphatic heterocycles. The van der Waals surface area contributed by atoms with E-state index in [1.54, 1.807) is 0 Å². The molecule has 3 aromatic rings. The largest absolute Gasteiger partial charge is 0.491 e. The van der Waals surface area contributed by atoms with Crippen molar-refractivity contribution in [3.05, 3.63) is 60.2 Å². The number of aryl methyl sites for hydroxylation is 1. The van der Waals surface area contributed by atoms with Crippen molar-refractivity contribution in [1.82, 2.24) is 14.8 Å². The Balaban J connectivity index is 1.57. The van der Waals surface area contributed by atoms with Gasteiger partial charge >= 0.3 is 0 Å². The van der Waals surface area contributed by atoms with Crippen LogP contribution in [0.2, 0.25) is 0 Å². The topological polar surface area (TPSA) is 60.2 Å². The minimum absolute atomic E-state index is 0.252. The fraction of sp³-hybridized carbons (Fsp3) is 0.300. The van der Waals surface area contributed by atoms with Crippen LogP contribution in [0, 0.1) is 6.92 Å². The quantitative estimate of drug-likeness (QED) is 0.612. The van der Waals surface area contributed by atoms with E-state index in [-0.39, 0.29) is 6.61 Å². The Morgan fingerprint density at radius 2 is 1.81 bits per heavy atom. The van der Waals surface area contributed by atoms with Gasteiger partial charge in [0.15, 0.2) is 11.0 Å². The summed E-state index contributed by atoms with van der Waals surface area (Å²) in [5.41, 5.74) is 2.22. The first-order valence-electron chi connectivity index (χ1n) is 8.66. The molecule has 26 heavy (non-hydrogen) atoms. The van der Waals surface area contributed by atoms with Crippen molar-refractivity contribution in [2.75, 3.05) is 12.4 Å². The number of aliphatic hydroxyl groups is 1. The highest BCUT2D eigenvalue weighted by atomic mass is 32.2. The van der Waals surface area contributed by atoms with Crippen LogP contribution in [0.3, 0.4) is 0 Å². The molecule has 0 radical (unpaired) electrons. The number of hydrogen-bond acceptors (Lipinski definition) is 5. The maximum absolute atomic E-state index is 10.2. The van der Waals surface area contributed by atoms with Gasteiger partial charge in [-0.25, -0.2) is 0 Å². The summed E-state index contributed by atoms with van der Waals surface area (Å²) in [6.07, 6.45) is -0.580. The molecule has 1 N–H and O–H groups in total. The molecule has 0 spiro atoms. The highest BCUT2D eigenvalue weighted by Gasteiger charge is 2.15. The van der Waals surface area contributed by atoms with Crippen LogP contribution in [0.1, 0.15) is 12.5 Å². The number of aromatic nitrogens is 3. The van der Waals surface area contributed by atoms with Crippen LogP contribution in [-0.2, 0) is 6.54 Å². The molecule has 1 atom stereocenters. The lowest BCUT2D eigenvalue weighted by atomic mass is 10.2. The number of hydrogen-bond donors (Lipinski definition) is 1. The van der Waals surface area contributed by atoms with Crippen molar-refractivity contribution in [3.8, 4) is 17.1 Å². The fourth-order valence-electron chi connectivity index (χ4n) is 2.53. The lowest BCUT2D eigenvalue weighted by Crippen LogP contribution is -2.20. The Morgan fingerprint density at radius 3 is 2.50 bits per heavy atom. The predicted molar refractivity (Wildman–Crippen MR) is 105 cm³/mol. The van der Waals surface area contributed by atoms with E-state index >= 15 is 0 Å². The first-order chi connectivity index (χ1) is 12.7. The molecule has 0 aliphatic rings. The monoisotopic (exact) mass is 369 g/mol. The van der Waals surface area contributed by atoms with E-state index in [4.69, 9.17) is 4.74 Å². The van der Waals surface area contributed by atoms with Gasteiger partial charge in [0.2, 0.25) is 0 Å². The molecule has 3 rings (SSSR count). The molecule has 2 aromatic carbocycles. The van der Waals surface area contributed by atoms with Crippen LogP contribution in [0.5, 0.6) is 5.75 Å². The molecule has 5 nitrogen and oxygen atoms in total. The van der Waals surface area contributed by atoms with Gasteiger partial charge in [-0.1, -0.05) is 59.8 Å². The zero-order valence-electron chi connectivity index (χ0n) is 15.0. The predicted octanol–water partition coefficient (Wildman–Crippen LogP) is 3.81. The molecular weight excluding hydrogens is 346 g/mol. The van der Waals surface area contributed by atoms with Gasteiger partial charge in [0.25, 0.3) is 0 Å². The Morgan fingerprint density at radius 1 is 1.08 bits per heavy atom. The van der Waals surface area contributed by atoms with Crippen LogP contribution in [-0.4, -0.2) is 38.3 Å². The van der Waals surface area contributed by atoms with E-state index in [2.05, 4.69) is 21.7 Å². The van der Waals surface area contributed by atoms with E-state index in [1.165, 1.54) is 17.3 Å². The number of rotatable bonds is 8. The van der Waals surface area contributed by atoms with Gasteiger partial charge in [-0.05, 0) is 26.0 Å². The minimum atomic E-state index is -0.580. The highest BCUT2D eigenvalue weighted by Crippen LogP contribution is 2.24. The summed E-state index contributed by atoms with van der Waals surface area (Å²) < 4.78 is 7.70. The number of aliphatic hydroxyl groups excluding tert-OH is 1. The molecule has 136 valence electrons. The first kappa shape index (κ1) is 18.5. The molecule has 6 heteroatoms. The van der Waals surface area contributed by atoms with E-state index in [0.717, 1.165) is 28.8 Å². The summed E-state index contributed by atoms with van der Waals surface area (Å²) in [5.74, 6) is 2.11. The molecule has 0 aliphatic carbocycles. The normalized spacial score (nSPS) is 12.1. The number of nitrogens with zero attached hydrogens (tertiary/aromatic N) is 3.